The number of hydrogen-bond acceptors (Lipinski definition) is 0. The summed E-state index contributed by atoms with van der Waals surface area (Å²) < 4.78 is 2.37. The van der Waals surface area contributed by atoms with E-state index < -0.39 is 0 Å². The van der Waals surface area contributed by atoms with Gasteiger partial charge in [0, 0.05) is 21.4 Å². The van der Waals surface area contributed by atoms with Crippen LogP contribution in [0.3, 0.4) is 0 Å². The van der Waals surface area contributed by atoms with Gasteiger partial charge in [-0.05, 0) is 47.0 Å². The van der Waals surface area contributed by atoms with Crippen molar-refractivity contribution >= 4 is 33.4 Å². The number of aromatic nitrogens is 1. The van der Waals surface area contributed by atoms with Crippen molar-refractivity contribution in [1.82, 2.24) is 4.57 Å². The van der Waals surface area contributed by atoms with Crippen molar-refractivity contribution in [2.24, 2.45) is 0 Å². The minimum absolute atomic E-state index is 0.750. The van der Waals surface area contributed by atoms with Crippen LogP contribution in [0.4, 0.5) is 0 Å². The second-order valence-electron chi connectivity index (χ2n) is 7.98. The van der Waals surface area contributed by atoms with E-state index in [0.29, 0.717) is 0 Å². The Hall–Kier alpha value is -3.81. The van der Waals surface area contributed by atoms with Gasteiger partial charge in [0.25, 0.3) is 0 Å². The molecular weight excluding hydrogens is 410 g/mol. The van der Waals surface area contributed by atoms with Crippen molar-refractivity contribution in [3.05, 3.63) is 126 Å². The highest BCUT2D eigenvalue weighted by atomic mass is 35.5. The molecular formula is C30H20ClN. The lowest BCUT2D eigenvalue weighted by molar-refractivity contribution is 1.18. The molecule has 0 atom stereocenters. The third kappa shape index (κ3) is 3.10. The van der Waals surface area contributed by atoms with E-state index in [0.717, 1.165) is 21.6 Å². The molecule has 0 saturated heterocycles. The van der Waals surface area contributed by atoms with E-state index >= 15 is 0 Å². The Labute approximate surface area is 192 Å². The fourth-order valence-corrected chi connectivity index (χ4v) is 4.77. The van der Waals surface area contributed by atoms with Crippen LogP contribution in [-0.4, -0.2) is 4.57 Å². The minimum Gasteiger partial charge on any atom is -0.309 e. The lowest BCUT2D eigenvalue weighted by Crippen LogP contribution is -1.97. The Kier molecular flexibility index (Phi) is 4.56. The molecule has 1 nitrogen and oxygen atoms in total. The summed E-state index contributed by atoms with van der Waals surface area (Å²) in [6.07, 6.45) is 0. The number of fused-ring (bicyclic) bond motifs is 3. The summed E-state index contributed by atoms with van der Waals surface area (Å²) in [6, 6.07) is 42.6. The first-order chi connectivity index (χ1) is 15.8. The largest absolute Gasteiger partial charge is 0.309 e. The summed E-state index contributed by atoms with van der Waals surface area (Å²) in [7, 11) is 0. The molecule has 1 heterocycles. The van der Waals surface area contributed by atoms with Gasteiger partial charge in [-0.25, -0.2) is 0 Å². The first-order valence-corrected chi connectivity index (χ1v) is 11.1. The molecule has 0 radical (unpaired) electrons. The summed E-state index contributed by atoms with van der Waals surface area (Å²) in [5.74, 6) is 0. The molecule has 2 heteroatoms. The van der Waals surface area contributed by atoms with Gasteiger partial charge in [-0.3, -0.25) is 0 Å². The number of nitrogens with zero attached hydrogens (tertiary/aromatic N) is 1. The molecule has 5 aromatic carbocycles. The molecule has 1 aromatic heterocycles. The monoisotopic (exact) mass is 429 g/mol. The minimum atomic E-state index is 0.750. The van der Waals surface area contributed by atoms with Gasteiger partial charge < -0.3 is 4.57 Å². The normalized spacial score (nSPS) is 11.3. The molecule has 0 amide bonds. The molecule has 0 aliphatic heterocycles. The molecule has 6 rings (SSSR count). The average Bonchev–Trinajstić information content (AvgIpc) is 3.18. The van der Waals surface area contributed by atoms with Gasteiger partial charge in [-0.1, -0.05) is 103 Å². The molecule has 152 valence electrons. The lowest BCUT2D eigenvalue weighted by Gasteiger charge is -2.14. The van der Waals surface area contributed by atoms with Crippen molar-refractivity contribution in [2.75, 3.05) is 0 Å². The fourth-order valence-electron chi connectivity index (χ4n) is 4.59. The Morgan fingerprint density at radius 1 is 0.469 bits per heavy atom. The van der Waals surface area contributed by atoms with Gasteiger partial charge in [-0.15, -0.1) is 0 Å². The zero-order chi connectivity index (χ0) is 21.5. The van der Waals surface area contributed by atoms with Gasteiger partial charge in [0.05, 0.1) is 16.7 Å². The van der Waals surface area contributed by atoms with Gasteiger partial charge in [-0.2, -0.15) is 0 Å². The predicted molar refractivity (Wildman–Crippen MR) is 137 cm³/mol. The Bertz CT molecular complexity index is 1560. The van der Waals surface area contributed by atoms with E-state index in [9.17, 15) is 0 Å². The van der Waals surface area contributed by atoms with Crippen molar-refractivity contribution in [1.29, 1.82) is 0 Å². The van der Waals surface area contributed by atoms with E-state index in [2.05, 4.69) is 120 Å². The molecule has 0 saturated carbocycles. The van der Waals surface area contributed by atoms with Crippen LogP contribution in [0.15, 0.2) is 121 Å². The topological polar surface area (TPSA) is 4.93 Å². The molecule has 0 bridgehead atoms. The summed E-state index contributed by atoms with van der Waals surface area (Å²) in [6.45, 7) is 0. The van der Waals surface area contributed by atoms with Crippen LogP contribution in [0, 0.1) is 0 Å². The average molecular weight is 430 g/mol. The maximum Gasteiger partial charge on any atom is 0.0547 e. The lowest BCUT2D eigenvalue weighted by atomic mass is 10.0. The Morgan fingerprint density at radius 3 is 1.94 bits per heavy atom. The van der Waals surface area contributed by atoms with E-state index in [4.69, 9.17) is 11.6 Å². The third-order valence-corrected chi connectivity index (χ3v) is 6.30. The van der Waals surface area contributed by atoms with Crippen LogP contribution in [0.1, 0.15) is 0 Å². The van der Waals surface area contributed by atoms with E-state index in [1.807, 2.05) is 6.07 Å². The molecule has 0 N–H and O–H groups in total. The highest BCUT2D eigenvalue weighted by Gasteiger charge is 2.16. The number of hydrogen-bond donors (Lipinski definition) is 0. The maximum atomic E-state index is 6.42. The number of halogens is 1. The Balaban J connectivity index is 1.71. The summed E-state index contributed by atoms with van der Waals surface area (Å²) in [5.41, 5.74) is 8.29. The molecule has 0 aliphatic rings. The van der Waals surface area contributed by atoms with Crippen molar-refractivity contribution in [3.8, 4) is 27.9 Å². The highest BCUT2D eigenvalue weighted by Crippen LogP contribution is 2.38. The van der Waals surface area contributed by atoms with Crippen LogP contribution in [0.5, 0.6) is 0 Å². The van der Waals surface area contributed by atoms with E-state index in [1.165, 1.54) is 33.2 Å². The third-order valence-electron chi connectivity index (χ3n) is 6.07. The van der Waals surface area contributed by atoms with E-state index in [-0.39, 0.29) is 0 Å². The summed E-state index contributed by atoms with van der Waals surface area (Å²) in [5, 5.41) is 3.11. The molecule has 0 fully saturated rings. The number of benzene rings is 5. The van der Waals surface area contributed by atoms with Crippen LogP contribution >= 0.6 is 11.6 Å². The van der Waals surface area contributed by atoms with Gasteiger partial charge >= 0.3 is 0 Å². The fraction of sp³-hybridized carbons (Fsp3) is 0. The smallest absolute Gasteiger partial charge is 0.0547 e. The SMILES string of the molecule is Clc1ccc2c(c1)c1ccc(-c3ccccc3)cc1n2-c1ccccc1-c1ccccc1. The first kappa shape index (κ1) is 18.9. The number of rotatable bonds is 3. The molecule has 0 aliphatic carbocycles. The Morgan fingerprint density at radius 2 is 1.16 bits per heavy atom. The maximum absolute atomic E-state index is 6.42. The first-order valence-electron chi connectivity index (χ1n) is 10.7. The molecule has 0 unspecified atom stereocenters. The summed E-state index contributed by atoms with van der Waals surface area (Å²) in [4.78, 5) is 0. The standard InChI is InChI=1S/C30H20ClN/c31-24-16-18-29-27(20-24)26-17-15-23(21-9-3-1-4-10-21)19-30(26)32(29)28-14-8-7-13-25(28)22-11-5-2-6-12-22/h1-20H. The van der Waals surface area contributed by atoms with Gasteiger partial charge in [0.2, 0.25) is 0 Å². The number of para-hydroxylation sites is 1. The second kappa shape index (κ2) is 7.71. The van der Waals surface area contributed by atoms with Crippen molar-refractivity contribution in [2.45, 2.75) is 0 Å². The molecule has 0 spiro atoms. The van der Waals surface area contributed by atoms with Crippen molar-refractivity contribution in [3.63, 3.8) is 0 Å². The van der Waals surface area contributed by atoms with Crippen LogP contribution < -0.4 is 0 Å². The predicted octanol–water partition coefficient (Wildman–Crippen LogP) is 8.77. The molecule has 32 heavy (non-hydrogen) atoms. The van der Waals surface area contributed by atoms with Crippen molar-refractivity contribution < 1.29 is 0 Å². The van der Waals surface area contributed by atoms with E-state index in [1.54, 1.807) is 0 Å². The zero-order valence-electron chi connectivity index (χ0n) is 17.4. The van der Waals surface area contributed by atoms with Crippen LogP contribution in [0.2, 0.25) is 5.02 Å². The van der Waals surface area contributed by atoms with Gasteiger partial charge in [0.15, 0.2) is 0 Å². The van der Waals surface area contributed by atoms with Gasteiger partial charge in [0.1, 0.15) is 0 Å². The molecule has 6 aromatic rings. The second-order valence-corrected chi connectivity index (χ2v) is 8.41. The quantitative estimate of drug-likeness (QED) is 0.265. The van der Waals surface area contributed by atoms with Crippen LogP contribution in [-0.2, 0) is 0 Å². The highest BCUT2D eigenvalue weighted by molar-refractivity contribution is 6.32. The zero-order valence-corrected chi connectivity index (χ0v) is 18.1. The summed E-state index contributed by atoms with van der Waals surface area (Å²) >= 11 is 6.42. The van der Waals surface area contributed by atoms with Crippen LogP contribution in [0.25, 0.3) is 49.7 Å².